The lowest BCUT2D eigenvalue weighted by Crippen LogP contribution is -2.28. The fourth-order valence-electron chi connectivity index (χ4n) is 3.48. The number of hydrogen-bond acceptors (Lipinski definition) is 3. The van der Waals surface area contributed by atoms with E-state index in [4.69, 9.17) is 9.97 Å². The summed E-state index contributed by atoms with van der Waals surface area (Å²) in [6.07, 6.45) is 21.9. The van der Waals surface area contributed by atoms with Crippen LogP contribution in [0.25, 0.3) is 0 Å². The Morgan fingerprint density at radius 1 is 0.615 bits per heavy atom. The highest BCUT2D eigenvalue weighted by Crippen LogP contribution is 2.20. The van der Waals surface area contributed by atoms with Crippen LogP contribution in [0.5, 0.6) is 0 Å². The Kier molecular flexibility index (Phi) is 14.2. The smallest absolute Gasteiger partial charge is 0.150 e. The van der Waals surface area contributed by atoms with Gasteiger partial charge in [-0.05, 0) is 25.7 Å². The zero-order valence-electron chi connectivity index (χ0n) is 17.8. The molecule has 1 rings (SSSR count). The predicted octanol–water partition coefficient (Wildman–Crippen LogP) is 6.96. The second-order valence-corrected chi connectivity index (χ2v) is 7.60. The van der Waals surface area contributed by atoms with Gasteiger partial charge in [0, 0.05) is 25.5 Å². The summed E-state index contributed by atoms with van der Waals surface area (Å²) in [4.78, 5) is 12.0. The van der Waals surface area contributed by atoms with Gasteiger partial charge in [0.1, 0.15) is 5.82 Å². The molecule has 0 N–H and O–H groups in total. The summed E-state index contributed by atoms with van der Waals surface area (Å²) in [6.45, 7) is 9.10. The van der Waals surface area contributed by atoms with E-state index in [-0.39, 0.29) is 0 Å². The summed E-state index contributed by atoms with van der Waals surface area (Å²) in [6, 6.07) is 0. The van der Waals surface area contributed by atoms with E-state index in [2.05, 4.69) is 25.7 Å². The van der Waals surface area contributed by atoms with Gasteiger partial charge >= 0.3 is 0 Å². The van der Waals surface area contributed by atoms with Gasteiger partial charge in [0.2, 0.25) is 0 Å². The largest absolute Gasteiger partial charge is 0.355 e. The van der Waals surface area contributed by atoms with Crippen LogP contribution < -0.4 is 4.90 Å². The lowest BCUT2D eigenvalue weighted by Gasteiger charge is -2.25. The maximum absolute atomic E-state index is 4.76. The first-order valence-electron chi connectivity index (χ1n) is 11.4. The lowest BCUT2D eigenvalue weighted by molar-refractivity contribution is 0.598. The van der Waals surface area contributed by atoms with Crippen molar-refractivity contribution in [1.82, 2.24) is 9.97 Å². The summed E-state index contributed by atoms with van der Waals surface area (Å²) < 4.78 is 0. The number of aromatic nitrogens is 2. The van der Waals surface area contributed by atoms with Gasteiger partial charge in [0.15, 0.2) is 0 Å². The van der Waals surface area contributed by atoms with Crippen LogP contribution in [0.15, 0.2) is 12.4 Å². The van der Waals surface area contributed by atoms with Crippen LogP contribution in [0.2, 0.25) is 0 Å². The molecule has 0 spiro atoms. The summed E-state index contributed by atoms with van der Waals surface area (Å²) >= 11 is 0. The molecule has 3 heteroatoms. The first-order chi connectivity index (χ1) is 12.8. The normalized spacial score (nSPS) is 11.0. The van der Waals surface area contributed by atoms with Crippen molar-refractivity contribution in [2.75, 3.05) is 18.0 Å². The number of rotatable bonds is 17. The van der Waals surface area contributed by atoms with Crippen molar-refractivity contribution in [3.8, 4) is 0 Å². The number of anilines is 1. The summed E-state index contributed by atoms with van der Waals surface area (Å²) in [5.74, 6) is 1.16. The fraction of sp³-hybridized carbons (Fsp3) is 0.826. The third-order valence-electron chi connectivity index (χ3n) is 5.13. The SMILES string of the molecule is CCCCCCCc1nccnc1N(CCCCCC)CCCCCC. The Labute approximate surface area is 163 Å². The number of nitrogens with zero attached hydrogens (tertiary/aromatic N) is 3. The topological polar surface area (TPSA) is 29.0 Å². The molecule has 1 aromatic rings. The van der Waals surface area contributed by atoms with E-state index in [1.807, 2.05) is 12.4 Å². The lowest BCUT2D eigenvalue weighted by atomic mass is 10.1. The van der Waals surface area contributed by atoms with Crippen LogP contribution in [0.1, 0.15) is 110 Å². The van der Waals surface area contributed by atoms with E-state index < -0.39 is 0 Å². The second-order valence-electron chi connectivity index (χ2n) is 7.60. The highest BCUT2D eigenvalue weighted by molar-refractivity contribution is 5.43. The van der Waals surface area contributed by atoms with E-state index in [1.54, 1.807) is 0 Å². The number of hydrogen-bond donors (Lipinski definition) is 0. The standard InChI is InChI=1S/C23H43N3/c1-4-7-10-13-14-17-22-23(25-19-18-24-22)26(20-15-11-8-5-2)21-16-12-9-6-3/h18-19H,4-17,20-21H2,1-3H3. The maximum Gasteiger partial charge on any atom is 0.150 e. The van der Waals surface area contributed by atoms with Gasteiger partial charge in [-0.15, -0.1) is 0 Å². The molecule has 0 aliphatic heterocycles. The van der Waals surface area contributed by atoms with Crippen LogP contribution in [0.3, 0.4) is 0 Å². The molecule has 0 bridgehead atoms. The molecule has 3 nitrogen and oxygen atoms in total. The van der Waals surface area contributed by atoms with Crippen LogP contribution in [0.4, 0.5) is 5.82 Å². The quantitative estimate of drug-likeness (QED) is 0.281. The van der Waals surface area contributed by atoms with E-state index in [0.717, 1.165) is 25.3 Å². The number of unbranched alkanes of at least 4 members (excludes halogenated alkanes) is 10. The Hall–Kier alpha value is -1.12. The van der Waals surface area contributed by atoms with Crippen molar-refractivity contribution in [2.45, 2.75) is 111 Å². The molecule has 0 atom stereocenters. The first kappa shape index (κ1) is 22.9. The van der Waals surface area contributed by atoms with Crippen LogP contribution >= 0.6 is 0 Å². The molecule has 0 saturated carbocycles. The molecule has 1 aromatic heterocycles. The highest BCUT2D eigenvalue weighted by atomic mass is 15.2. The first-order valence-corrected chi connectivity index (χ1v) is 11.4. The Balaban J connectivity index is 2.63. The van der Waals surface area contributed by atoms with Crippen molar-refractivity contribution in [2.24, 2.45) is 0 Å². The van der Waals surface area contributed by atoms with E-state index >= 15 is 0 Å². The Morgan fingerprint density at radius 2 is 1.12 bits per heavy atom. The maximum atomic E-state index is 4.76. The predicted molar refractivity (Wildman–Crippen MR) is 115 cm³/mol. The highest BCUT2D eigenvalue weighted by Gasteiger charge is 2.13. The van der Waals surface area contributed by atoms with Crippen molar-refractivity contribution >= 4 is 5.82 Å². The van der Waals surface area contributed by atoms with E-state index in [0.29, 0.717) is 0 Å². The van der Waals surface area contributed by atoms with Gasteiger partial charge in [-0.2, -0.15) is 0 Å². The fourth-order valence-corrected chi connectivity index (χ4v) is 3.48. The zero-order chi connectivity index (χ0) is 18.9. The molecule has 0 amide bonds. The van der Waals surface area contributed by atoms with Crippen molar-refractivity contribution < 1.29 is 0 Å². The average molecular weight is 362 g/mol. The van der Waals surface area contributed by atoms with Crippen LogP contribution in [-0.2, 0) is 6.42 Å². The molecule has 150 valence electrons. The molecular formula is C23H43N3. The third kappa shape index (κ3) is 10.1. The average Bonchev–Trinajstić information content (AvgIpc) is 2.67. The minimum absolute atomic E-state index is 1.08. The van der Waals surface area contributed by atoms with Gasteiger partial charge in [0.25, 0.3) is 0 Å². The summed E-state index contributed by atoms with van der Waals surface area (Å²) in [5, 5.41) is 0. The molecule has 26 heavy (non-hydrogen) atoms. The van der Waals surface area contributed by atoms with Gasteiger partial charge in [0.05, 0.1) is 5.69 Å². The monoisotopic (exact) mass is 361 g/mol. The van der Waals surface area contributed by atoms with Crippen molar-refractivity contribution in [1.29, 1.82) is 0 Å². The van der Waals surface area contributed by atoms with Gasteiger partial charge in [-0.3, -0.25) is 4.98 Å². The van der Waals surface area contributed by atoms with E-state index in [1.165, 1.54) is 89.2 Å². The molecule has 0 aromatic carbocycles. The molecule has 0 fully saturated rings. The van der Waals surface area contributed by atoms with Crippen LogP contribution in [-0.4, -0.2) is 23.1 Å². The molecule has 1 heterocycles. The number of aryl methyl sites for hydroxylation is 1. The van der Waals surface area contributed by atoms with Gasteiger partial charge in [-0.1, -0.05) is 85.0 Å². The third-order valence-corrected chi connectivity index (χ3v) is 5.13. The minimum Gasteiger partial charge on any atom is -0.355 e. The van der Waals surface area contributed by atoms with Crippen molar-refractivity contribution in [3.63, 3.8) is 0 Å². The molecule has 0 saturated heterocycles. The minimum atomic E-state index is 1.08. The molecular weight excluding hydrogens is 318 g/mol. The van der Waals surface area contributed by atoms with Crippen LogP contribution in [0, 0.1) is 0 Å². The molecule has 0 unspecified atom stereocenters. The second kappa shape index (κ2) is 16.1. The Bertz CT molecular complexity index is 421. The Morgan fingerprint density at radius 3 is 1.69 bits per heavy atom. The summed E-state index contributed by atoms with van der Waals surface area (Å²) in [5.41, 5.74) is 1.22. The van der Waals surface area contributed by atoms with Gasteiger partial charge in [-0.25, -0.2) is 4.98 Å². The molecule has 0 aliphatic carbocycles. The zero-order valence-corrected chi connectivity index (χ0v) is 17.8. The summed E-state index contributed by atoms with van der Waals surface area (Å²) in [7, 11) is 0. The van der Waals surface area contributed by atoms with Crippen molar-refractivity contribution in [3.05, 3.63) is 18.1 Å². The van der Waals surface area contributed by atoms with E-state index in [9.17, 15) is 0 Å². The molecule has 0 radical (unpaired) electrons. The molecule has 0 aliphatic rings. The van der Waals surface area contributed by atoms with Gasteiger partial charge < -0.3 is 4.90 Å².